The molecule has 1 aliphatic carbocycles. The molecular weight excluding hydrogens is 382 g/mol. The third kappa shape index (κ3) is 5.30. The number of rotatable bonds is 8. The van der Waals surface area contributed by atoms with Gasteiger partial charge in [0, 0.05) is 25.6 Å². The average Bonchev–Trinajstić information content (AvgIpc) is 3.56. The molecule has 2 amide bonds. The van der Waals surface area contributed by atoms with Crippen molar-refractivity contribution in [3.63, 3.8) is 0 Å². The zero-order valence-electron chi connectivity index (χ0n) is 17.1. The first-order valence-electron chi connectivity index (χ1n) is 10.4. The molecule has 0 atom stereocenters. The quantitative estimate of drug-likeness (QED) is 0.701. The van der Waals surface area contributed by atoms with Gasteiger partial charge in [-0.05, 0) is 49.7 Å². The summed E-state index contributed by atoms with van der Waals surface area (Å²) in [4.78, 5) is 26.9. The Morgan fingerprint density at radius 2 is 1.83 bits per heavy atom. The number of amides is 2. The summed E-state index contributed by atoms with van der Waals surface area (Å²) in [5.74, 6) is 1.29. The van der Waals surface area contributed by atoms with E-state index < -0.39 is 0 Å². The van der Waals surface area contributed by atoms with Gasteiger partial charge in [0.25, 0.3) is 5.91 Å². The van der Waals surface area contributed by atoms with E-state index in [1.807, 2.05) is 31.3 Å². The van der Waals surface area contributed by atoms with Crippen molar-refractivity contribution in [1.29, 1.82) is 0 Å². The SMILES string of the molecule is CN(CCC(=O)Nc1ccccc1C(=O)NC1CC1)Cc1ccc2c(c1)OCCO2. The van der Waals surface area contributed by atoms with Crippen LogP contribution in [0.1, 0.15) is 35.2 Å². The van der Waals surface area contributed by atoms with Crippen molar-refractivity contribution in [1.82, 2.24) is 10.2 Å². The Labute approximate surface area is 176 Å². The number of nitrogens with zero attached hydrogens (tertiary/aromatic N) is 1. The minimum atomic E-state index is -0.135. The van der Waals surface area contributed by atoms with E-state index in [1.165, 1.54) is 0 Å². The second-order valence-electron chi connectivity index (χ2n) is 7.81. The molecule has 2 N–H and O–H groups in total. The Morgan fingerprint density at radius 1 is 1.07 bits per heavy atom. The molecule has 4 rings (SSSR count). The first-order chi connectivity index (χ1) is 14.6. The summed E-state index contributed by atoms with van der Waals surface area (Å²) in [6.07, 6.45) is 2.38. The second kappa shape index (κ2) is 9.17. The van der Waals surface area contributed by atoms with Gasteiger partial charge in [0.1, 0.15) is 13.2 Å². The fourth-order valence-corrected chi connectivity index (χ4v) is 3.36. The van der Waals surface area contributed by atoms with Crippen molar-refractivity contribution < 1.29 is 19.1 Å². The van der Waals surface area contributed by atoms with E-state index in [2.05, 4.69) is 15.5 Å². The molecule has 1 fully saturated rings. The van der Waals surface area contributed by atoms with Crippen LogP contribution in [-0.2, 0) is 11.3 Å². The number of ether oxygens (including phenoxy) is 2. The first kappa shape index (κ1) is 20.2. The molecule has 0 unspecified atom stereocenters. The van der Waals surface area contributed by atoms with Crippen LogP contribution in [0.4, 0.5) is 5.69 Å². The minimum absolute atomic E-state index is 0.115. The Bertz CT molecular complexity index is 926. The summed E-state index contributed by atoms with van der Waals surface area (Å²) in [5, 5.41) is 5.85. The summed E-state index contributed by atoms with van der Waals surface area (Å²) >= 11 is 0. The number of carbonyl (C=O) groups excluding carboxylic acids is 2. The fourth-order valence-electron chi connectivity index (χ4n) is 3.36. The maximum absolute atomic E-state index is 12.5. The van der Waals surface area contributed by atoms with E-state index in [9.17, 15) is 9.59 Å². The van der Waals surface area contributed by atoms with E-state index >= 15 is 0 Å². The summed E-state index contributed by atoms with van der Waals surface area (Å²) < 4.78 is 11.2. The highest BCUT2D eigenvalue weighted by Gasteiger charge is 2.25. The van der Waals surface area contributed by atoms with Gasteiger partial charge in [0.2, 0.25) is 5.91 Å². The van der Waals surface area contributed by atoms with E-state index in [4.69, 9.17) is 9.47 Å². The molecule has 0 aromatic heterocycles. The van der Waals surface area contributed by atoms with Crippen LogP contribution in [0, 0.1) is 0 Å². The number of nitrogens with one attached hydrogen (secondary N) is 2. The highest BCUT2D eigenvalue weighted by molar-refractivity contribution is 6.03. The normalized spacial score (nSPS) is 15.0. The van der Waals surface area contributed by atoms with Gasteiger partial charge in [-0.1, -0.05) is 18.2 Å². The predicted octanol–water partition coefficient (Wildman–Crippen LogP) is 2.81. The predicted molar refractivity (Wildman–Crippen MR) is 114 cm³/mol. The van der Waals surface area contributed by atoms with Crippen LogP contribution in [0.25, 0.3) is 0 Å². The Hall–Kier alpha value is -3.06. The van der Waals surface area contributed by atoms with Crippen LogP contribution in [0.2, 0.25) is 0 Å². The Kier molecular flexibility index (Phi) is 6.18. The fraction of sp³-hybridized carbons (Fsp3) is 0.391. The number of fused-ring (bicyclic) bond motifs is 1. The molecule has 0 saturated heterocycles. The van der Waals surface area contributed by atoms with Gasteiger partial charge < -0.3 is 25.0 Å². The van der Waals surface area contributed by atoms with Gasteiger partial charge in [0.15, 0.2) is 11.5 Å². The molecule has 7 heteroatoms. The molecule has 2 aliphatic rings. The number of carbonyl (C=O) groups is 2. The zero-order chi connectivity index (χ0) is 20.9. The first-order valence-corrected chi connectivity index (χ1v) is 10.4. The third-order valence-corrected chi connectivity index (χ3v) is 5.14. The maximum atomic E-state index is 12.5. The summed E-state index contributed by atoms with van der Waals surface area (Å²) in [6.45, 7) is 2.43. The Balaban J connectivity index is 1.28. The van der Waals surface area contributed by atoms with E-state index in [1.54, 1.807) is 18.2 Å². The van der Waals surface area contributed by atoms with Crippen molar-refractivity contribution in [2.24, 2.45) is 0 Å². The monoisotopic (exact) mass is 409 g/mol. The number of hydrogen-bond donors (Lipinski definition) is 2. The van der Waals surface area contributed by atoms with Crippen molar-refractivity contribution in [2.75, 3.05) is 32.1 Å². The van der Waals surface area contributed by atoms with Crippen molar-refractivity contribution in [3.8, 4) is 11.5 Å². The van der Waals surface area contributed by atoms with Gasteiger partial charge in [-0.2, -0.15) is 0 Å². The van der Waals surface area contributed by atoms with Gasteiger partial charge in [0.05, 0.1) is 11.3 Å². The molecule has 1 aliphatic heterocycles. The number of benzene rings is 2. The molecule has 0 radical (unpaired) electrons. The standard InChI is InChI=1S/C23H27N3O4/c1-26(15-16-6-9-20-21(14-16)30-13-12-29-20)11-10-22(27)25-19-5-3-2-4-18(19)23(28)24-17-7-8-17/h2-6,9,14,17H,7-8,10-13,15H2,1H3,(H,24,28)(H,25,27). The minimum Gasteiger partial charge on any atom is -0.486 e. The van der Waals surface area contributed by atoms with Crippen LogP contribution >= 0.6 is 0 Å². The van der Waals surface area contributed by atoms with Crippen LogP contribution in [-0.4, -0.2) is 49.6 Å². The summed E-state index contributed by atoms with van der Waals surface area (Å²) in [7, 11) is 1.97. The lowest BCUT2D eigenvalue weighted by Crippen LogP contribution is -2.28. The lowest BCUT2D eigenvalue weighted by molar-refractivity contribution is -0.116. The van der Waals surface area contributed by atoms with Gasteiger partial charge in [-0.25, -0.2) is 0 Å². The highest BCUT2D eigenvalue weighted by atomic mass is 16.6. The van der Waals surface area contributed by atoms with Crippen molar-refractivity contribution in [3.05, 3.63) is 53.6 Å². The molecule has 2 aromatic rings. The van der Waals surface area contributed by atoms with Crippen molar-refractivity contribution in [2.45, 2.75) is 31.8 Å². The van der Waals surface area contributed by atoms with E-state index in [-0.39, 0.29) is 17.9 Å². The number of para-hydroxylation sites is 1. The molecule has 1 saturated carbocycles. The molecule has 1 heterocycles. The lowest BCUT2D eigenvalue weighted by atomic mass is 10.1. The molecule has 7 nitrogen and oxygen atoms in total. The zero-order valence-corrected chi connectivity index (χ0v) is 17.1. The van der Waals surface area contributed by atoms with Gasteiger partial charge in [-0.3, -0.25) is 9.59 Å². The lowest BCUT2D eigenvalue weighted by Gasteiger charge is -2.21. The molecule has 0 bridgehead atoms. The third-order valence-electron chi connectivity index (χ3n) is 5.14. The molecule has 158 valence electrons. The van der Waals surface area contributed by atoms with Crippen LogP contribution in [0.15, 0.2) is 42.5 Å². The topological polar surface area (TPSA) is 79.9 Å². The molecular formula is C23H27N3O4. The summed E-state index contributed by atoms with van der Waals surface area (Å²) in [6, 6.07) is 13.3. The van der Waals surface area contributed by atoms with Gasteiger partial charge >= 0.3 is 0 Å². The smallest absolute Gasteiger partial charge is 0.253 e. The number of anilines is 1. The van der Waals surface area contributed by atoms with Crippen LogP contribution in [0.3, 0.4) is 0 Å². The highest BCUT2D eigenvalue weighted by Crippen LogP contribution is 2.31. The molecule has 0 spiro atoms. The van der Waals surface area contributed by atoms with Gasteiger partial charge in [-0.15, -0.1) is 0 Å². The van der Waals surface area contributed by atoms with Crippen LogP contribution < -0.4 is 20.1 Å². The largest absolute Gasteiger partial charge is 0.486 e. The summed E-state index contributed by atoms with van der Waals surface area (Å²) in [5.41, 5.74) is 2.15. The van der Waals surface area contributed by atoms with E-state index in [0.29, 0.717) is 44.0 Å². The maximum Gasteiger partial charge on any atom is 0.253 e. The number of hydrogen-bond acceptors (Lipinski definition) is 5. The van der Waals surface area contributed by atoms with E-state index in [0.717, 1.165) is 29.9 Å². The Morgan fingerprint density at radius 3 is 2.63 bits per heavy atom. The van der Waals surface area contributed by atoms with Crippen LogP contribution in [0.5, 0.6) is 11.5 Å². The second-order valence-corrected chi connectivity index (χ2v) is 7.81. The average molecular weight is 409 g/mol. The van der Waals surface area contributed by atoms with Crippen molar-refractivity contribution >= 4 is 17.5 Å². The molecule has 2 aromatic carbocycles. The molecule has 30 heavy (non-hydrogen) atoms.